The summed E-state index contributed by atoms with van der Waals surface area (Å²) in [6, 6.07) is 43.8. The fraction of sp³-hybridized carbons (Fsp3) is 0.129. The molecule has 0 aliphatic carbocycles. The largest absolute Gasteiger partial charge is 0.351 e. The molecule has 0 bridgehead atoms. The zero-order valence-corrected chi connectivity index (χ0v) is 21.6. The van der Waals surface area contributed by atoms with Crippen LogP contribution in [-0.4, -0.2) is 16.9 Å². The maximum Gasteiger partial charge on any atom is 0.203 e. The second-order valence-corrected chi connectivity index (χ2v) is 13.1. The Labute approximate surface area is 211 Å². The standard InChI is InChI=1S/C31H30N2P2/c1-5-13-28(14-6-1)34(29-15-7-2-8-16-29)25-23-32-21-22-33(27-32)24-26-35(30-17-9-3-10-18-30)31-19-11-4-12-20-31/h1-22H,23-26H2. The molecule has 174 valence electrons. The molecule has 0 N–H and O–H groups in total. The first kappa shape index (κ1) is 23.7. The highest BCUT2D eigenvalue weighted by Crippen LogP contribution is 2.34. The Morgan fingerprint density at radius 2 is 0.943 bits per heavy atom. The Bertz CT molecular complexity index is 1110. The van der Waals surface area contributed by atoms with Gasteiger partial charge in [0.15, 0.2) is 0 Å². The second-order valence-electron chi connectivity index (χ2n) is 8.43. The molecule has 1 aromatic heterocycles. The number of imidazole rings is 1. The normalized spacial score (nSPS) is 11.3. The Morgan fingerprint density at radius 3 is 1.37 bits per heavy atom. The van der Waals surface area contributed by atoms with E-state index in [0.29, 0.717) is 0 Å². The predicted octanol–water partition coefficient (Wildman–Crippen LogP) is 4.84. The van der Waals surface area contributed by atoms with Gasteiger partial charge in [0.1, 0.15) is 0 Å². The third-order valence-corrected chi connectivity index (χ3v) is 11.1. The van der Waals surface area contributed by atoms with Crippen LogP contribution in [0.15, 0.2) is 134 Å². The van der Waals surface area contributed by atoms with Crippen molar-refractivity contribution in [2.45, 2.75) is 13.1 Å². The molecule has 0 amide bonds. The van der Waals surface area contributed by atoms with Crippen molar-refractivity contribution in [1.29, 1.82) is 0 Å². The molecule has 4 aromatic carbocycles. The number of rotatable bonds is 10. The van der Waals surface area contributed by atoms with E-state index < -0.39 is 15.8 Å². The van der Waals surface area contributed by atoms with Crippen LogP contribution in [-0.2, 0) is 13.1 Å². The quantitative estimate of drug-likeness (QED) is 0.150. The number of aromatic nitrogens is 2. The van der Waals surface area contributed by atoms with Crippen LogP contribution in [0.3, 0.4) is 0 Å². The van der Waals surface area contributed by atoms with Gasteiger partial charge in [-0.05, 0) is 49.5 Å². The third-order valence-electron chi connectivity index (χ3n) is 6.08. The van der Waals surface area contributed by atoms with E-state index >= 15 is 0 Å². The van der Waals surface area contributed by atoms with Crippen LogP contribution in [0.4, 0.5) is 0 Å². The van der Waals surface area contributed by atoms with Gasteiger partial charge in [0.05, 0.1) is 13.1 Å². The molecule has 5 rings (SSSR count). The van der Waals surface area contributed by atoms with Crippen LogP contribution in [0.1, 0.15) is 0 Å². The van der Waals surface area contributed by atoms with E-state index in [1.54, 1.807) is 0 Å². The molecule has 35 heavy (non-hydrogen) atoms. The van der Waals surface area contributed by atoms with Crippen molar-refractivity contribution in [3.05, 3.63) is 140 Å². The lowest BCUT2D eigenvalue weighted by molar-refractivity contribution is -0.696. The van der Waals surface area contributed by atoms with Crippen molar-refractivity contribution < 1.29 is 4.57 Å². The van der Waals surface area contributed by atoms with Crippen molar-refractivity contribution in [3.8, 4) is 0 Å². The number of aryl methyl sites for hydroxylation is 2. The topological polar surface area (TPSA) is 8.81 Å². The second kappa shape index (κ2) is 12.1. The molecule has 0 aliphatic heterocycles. The zero-order valence-electron chi connectivity index (χ0n) is 19.8. The van der Waals surface area contributed by atoms with Crippen LogP contribution in [0.2, 0.25) is 0 Å². The van der Waals surface area contributed by atoms with Gasteiger partial charge in [-0.3, -0.25) is 0 Å². The SMILES string of the molecule is [c-]1n(CCP(c2ccccc2)c2ccccc2)cc[n+]1CCP(c1ccccc1)c1ccccc1. The van der Waals surface area contributed by atoms with Gasteiger partial charge in [-0.2, -0.15) is 0 Å². The lowest BCUT2D eigenvalue weighted by Gasteiger charge is -2.19. The van der Waals surface area contributed by atoms with E-state index in [-0.39, 0.29) is 0 Å². The van der Waals surface area contributed by atoms with Gasteiger partial charge in [-0.25, -0.2) is 0 Å². The minimum Gasteiger partial charge on any atom is -0.351 e. The fourth-order valence-corrected chi connectivity index (χ4v) is 8.89. The van der Waals surface area contributed by atoms with Gasteiger partial charge >= 0.3 is 0 Å². The van der Waals surface area contributed by atoms with Crippen molar-refractivity contribution in [2.75, 3.05) is 12.3 Å². The van der Waals surface area contributed by atoms with Gasteiger partial charge in [0.2, 0.25) is 6.33 Å². The van der Waals surface area contributed by atoms with E-state index in [0.717, 1.165) is 25.4 Å². The summed E-state index contributed by atoms with van der Waals surface area (Å²) in [6.07, 6.45) is 10.2. The highest BCUT2D eigenvalue weighted by atomic mass is 31.1. The summed E-state index contributed by atoms with van der Waals surface area (Å²) in [7, 11) is -0.782. The molecule has 0 radical (unpaired) electrons. The molecule has 0 saturated carbocycles. The minimum absolute atomic E-state index is 0.391. The summed E-state index contributed by atoms with van der Waals surface area (Å²) in [4.78, 5) is 0. The lowest BCUT2D eigenvalue weighted by Crippen LogP contribution is -2.35. The molecular weight excluding hydrogens is 462 g/mol. The number of nitrogens with zero attached hydrogens (tertiary/aromatic N) is 2. The van der Waals surface area contributed by atoms with Gasteiger partial charge in [0, 0.05) is 12.3 Å². The molecular formula is C31H30N2P2. The highest BCUT2D eigenvalue weighted by Gasteiger charge is 2.15. The zero-order chi connectivity index (χ0) is 23.7. The predicted molar refractivity (Wildman–Crippen MR) is 151 cm³/mol. The van der Waals surface area contributed by atoms with E-state index in [9.17, 15) is 0 Å². The van der Waals surface area contributed by atoms with E-state index in [2.05, 4.69) is 149 Å². The van der Waals surface area contributed by atoms with Gasteiger partial charge in [-0.15, -0.1) is 0 Å². The van der Waals surface area contributed by atoms with Crippen LogP contribution in [0, 0.1) is 6.33 Å². The number of hydrogen-bond donors (Lipinski definition) is 0. The first-order valence-electron chi connectivity index (χ1n) is 12.1. The van der Waals surface area contributed by atoms with E-state index in [1.165, 1.54) is 21.2 Å². The molecule has 0 fully saturated rings. The maximum atomic E-state index is 3.58. The van der Waals surface area contributed by atoms with E-state index in [1.807, 2.05) is 0 Å². The Balaban J connectivity index is 1.26. The summed E-state index contributed by atoms with van der Waals surface area (Å²) in [5.41, 5.74) is 0. The van der Waals surface area contributed by atoms with Crippen LogP contribution in [0.5, 0.6) is 0 Å². The van der Waals surface area contributed by atoms with Crippen molar-refractivity contribution in [3.63, 3.8) is 0 Å². The molecule has 4 heteroatoms. The van der Waals surface area contributed by atoms with Gasteiger partial charge in [-0.1, -0.05) is 121 Å². The van der Waals surface area contributed by atoms with Crippen LogP contribution in [0.25, 0.3) is 0 Å². The molecule has 0 atom stereocenters. The maximum absolute atomic E-state index is 3.58. The third kappa shape index (κ3) is 6.34. The number of hydrogen-bond acceptors (Lipinski definition) is 0. The smallest absolute Gasteiger partial charge is 0.203 e. The van der Waals surface area contributed by atoms with E-state index in [4.69, 9.17) is 0 Å². The molecule has 0 aliphatic rings. The summed E-state index contributed by atoms with van der Waals surface area (Å²) >= 11 is 0. The molecule has 1 heterocycles. The number of benzene rings is 4. The molecule has 0 unspecified atom stereocenters. The summed E-state index contributed by atoms with van der Waals surface area (Å²) in [6.45, 7) is 1.93. The monoisotopic (exact) mass is 492 g/mol. The first-order chi connectivity index (χ1) is 17.4. The molecule has 0 spiro atoms. The van der Waals surface area contributed by atoms with Crippen molar-refractivity contribution >= 4 is 37.1 Å². The Morgan fingerprint density at radius 1 is 0.543 bits per heavy atom. The fourth-order valence-electron chi connectivity index (χ4n) is 4.30. The van der Waals surface area contributed by atoms with Crippen LogP contribution < -0.4 is 25.8 Å². The highest BCUT2D eigenvalue weighted by molar-refractivity contribution is 7.73. The Kier molecular flexibility index (Phi) is 8.17. The van der Waals surface area contributed by atoms with Crippen molar-refractivity contribution in [2.24, 2.45) is 0 Å². The van der Waals surface area contributed by atoms with Crippen LogP contribution >= 0.6 is 15.8 Å². The average Bonchev–Trinajstić information content (AvgIpc) is 3.39. The summed E-state index contributed by atoms with van der Waals surface area (Å²) < 4.78 is 4.46. The van der Waals surface area contributed by atoms with Gasteiger partial charge in [0.25, 0.3) is 0 Å². The Hall–Kier alpha value is -3.05. The van der Waals surface area contributed by atoms with Crippen molar-refractivity contribution in [1.82, 2.24) is 4.57 Å². The lowest BCUT2D eigenvalue weighted by atomic mass is 10.4. The summed E-state index contributed by atoms with van der Waals surface area (Å²) in [5.74, 6) is 0. The molecule has 5 aromatic rings. The average molecular weight is 493 g/mol. The minimum atomic E-state index is -0.391. The molecule has 2 nitrogen and oxygen atoms in total. The van der Waals surface area contributed by atoms with Gasteiger partial charge < -0.3 is 9.13 Å². The molecule has 0 saturated heterocycles. The summed E-state index contributed by atoms with van der Waals surface area (Å²) in [5, 5.41) is 5.74. The first-order valence-corrected chi connectivity index (χ1v) is 15.2.